The van der Waals surface area contributed by atoms with Crippen LogP contribution in [0.1, 0.15) is 149 Å². The van der Waals surface area contributed by atoms with Gasteiger partial charge in [-0.2, -0.15) is 0 Å². The number of carbonyl (C=O) groups excluding carboxylic acids is 3. The lowest BCUT2D eigenvalue weighted by Gasteiger charge is -2.17. The highest BCUT2D eigenvalue weighted by atomic mass is 16.6. The van der Waals surface area contributed by atoms with Crippen molar-refractivity contribution < 1.29 is 28.6 Å². The molecule has 0 atom stereocenters. The Labute approximate surface area is 287 Å². The summed E-state index contributed by atoms with van der Waals surface area (Å²) in [4.78, 5) is 36.8. The Morgan fingerprint density at radius 3 is 1.32 bits per heavy atom. The van der Waals surface area contributed by atoms with Gasteiger partial charge in [-0.1, -0.05) is 177 Å². The number of unbranched alkanes of at least 4 members (excludes halogenated alkanes) is 15. The minimum absolute atomic E-state index is 0.147. The van der Waals surface area contributed by atoms with E-state index < -0.39 is 12.1 Å². The summed E-state index contributed by atoms with van der Waals surface area (Å²) in [6.45, 7) is 6.25. The molecule has 0 saturated carbocycles. The molecule has 0 radical (unpaired) electrons. The van der Waals surface area contributed by atoms with Crippen LogP contribution in [0.3, 0.4) is 0 Å². The first kappa shape index (κ1) is 43.9. The minimum Gasteiger partial charge on any atom is -0.462 e. The van der Waals surface area contributed by atoms with Gasteiger partial charge in [-0.05, 0) is 25.7 Å². The highest BCUT2D eigenvalue weighted by Gasteiger charge is 2.18. The third kappa shape index (κ3) is 34.0. The molecule has 0 aromatic heterocycles. The molecule has 0 aliphatic rings. The Balaban J connectivity index is 4.52. The van der Waals surface area contributed by atoms with Crippen molar-refractivity contribution in [3.8, 4) is 0 Å². The predicted molar refractivity (Wildman–Crippen MR) is 196 cm³/mol. The molecule has 0 aromatic rings. The van der Waals surface area contributed by atoms with Crippen LogP contribution in [-0.2, 0) is 28.6 Å². The zero-order chi connectivity index (χ0) is 34.5. The van der Waals surface area contributed by atoms with Crippen molar-refractivity contribution in [1.29, 1.82) is 0 Å². The quantitative estimate of drug-likeness (QED) is 0.0243. The van der Waals surface area contributed by atoms with Gasteiger partial charge in [0.25, 0.3) is 0 Å². The van der Waals surface area contributed by atoms with Gasteiger partial charge >= 0.3 is 17.9 Å². The van der Waals surface area contributed by atoms with Crippen LogP contribution in [0.4, 0.5) is 0 Å². The average Bonchev–Trinajstić information content (AvgIpc) is 3.06. The summed E-state index contributed by atoms with van der Waals surface area (Å²) in [5.41, 5.74) is 0. The summed E-state index contributed by atoms with van der Waals surface area (Å²) in [5.74, 6) is -1.27. The van der Waals surface area contributed by atoms with Crippen molar-refractivity contribution in [2.24, 2.45) is 0 Å². The molecule has 0 rings (SSSR count). The molecule has 0 amide bonds. The van der Waals surface area contributed by atoms with Crippen LogP contribution in [0.2, 0.25) is 0 Å². The Morgan fingerprint density at radius 1 is 0.468 bits per heavy atom. The molecule has 0 spiro atoms. The molecule has 0 aromatic carbocycles. The van der Waals surface area contributed by atoms with Crippen LogP contribution in [0.5, 0.6) is 0 Å². The maximum Gasteiger partial charge on any atom is 0.331 e. The summed E-state index contributed by atoms with van der Waals surface area (Å²) in [7, 11) is 0. The molecule has 0 fully saturated rings. The summed E-state index contributed by atoms with van der Waals surface area (Å²) in [5, 5.41) is 0. The van der Waals surface area contributed by atoms with Crippen molar-refractivity contribution in [3.05, 3.63) is 72.9 Å². The average molecular weight is 655 g/mol. The van der Waals surface area contributed by atoms with Gasteiger partial charge < -0.3 is 14.2 Å². The second kappa shape index (κ2) is 35.7. The summed E-state index contributed by atoms with van der Waals surface area (Å²) >= 11 is 0. The number of esters is 3. The van der Waals surface area contributed by atoms with Crippen molar-refractivity contribution >= 4 is 17.9 Å². The Kier molecular flexibility index (Phi) is 33.3. The maximum absolute atomic E-state index is 12.4. The van der Waals surface area contributed by atoms with Gasteiger partial charge in [0, 0.05) is 18.9 Å². The molecular weight excluding hydrogens is 588 g/mol. The zero-order valence-corrected chi connectivity index (χ0v) is 30.0. The second-order valence-electron chi connectivity index (χ2n) is 12.0. The Hall–Kier alpha value is -3.15. The van der Waals surface area contributed by atoms with Crippen LogP contribution in [0.25, 0.3) is 0 Å². The number of allylic oxidation sites excluding steroid dienone is 11. The fourth-order valence-corrected chi connectivity index (χ4v) is 4.62. The first-order valence-corrected chi connectivity index (χ1v) is 18.5. The zero-order valence-electron chi connectivity index (χ0n) is 30.0. The van der Waals surface area contributed by atoms with E-state index in [0.717, 1.165) is 70.6 Å². The lowest BCUT2D eigenvalue weighted by atomic mass is 10.1. The van der Waals surface area contributed by atoms with Gasteiger partial charge in [0.2, 0.25) is 0 Å². The third-order valence-corrected chi connectivity index (χ3v) is 7.45. The molecule has 0 aliphatic carbocycles. The van der Waals surface area contributed by atoms with Crippen molar-refractivity contribution in [1.82, 2.24) is 0 Å². The molecular formula is C41H66O6. The van der Waals surface area contributed by atoms with Crippen LogP contribution in [0, 0.1) is 0 Å². The standard InChI is InChI=1S/C41H66O6/c1-4-7-10-13-14-15-16-17-18-19-20-21-22-23-24-25-26-29-32-35-41(44)47-38(36-45-39(42)33-30-27-11-8-5-2)37-46-40(43)34-31-28-12-9-6-3/h18-26,29,32,35,38H,4-17,27-28,30-31,33-34,36-37H2,1-3H3/b19-18+,21-20+,23-22+,25-24+,29-26+,35-32+. The molecule has 0 N–H and O–H groups in total. The van der Waals surface area contributed by atoms with E-state index in [9.17, 15) is 14.4 Å². The minimum atomic E-state index is -0.863. The van der Waals surface area contributed by atoms with Gasteiger partial charge in [-0.3, -0.25) is 9.59 Å². The maximum atomic E-state index is 12.4. The number of hydrogen-bond acceptors (Lipinski definition) is 6. The van der Waals surface area contributed by atoms with E-state index >= 15 is 0 Å². The van der Waals surface area contributed by atoms with Gasteiger partial charge in [0.1, 0.15) is 13.2 Å². The van der Waals surface area contributed by atoms with Crippen LogP contribution < -0.4 is 0 Å². The summed E-state index contributed by atoms with van der Waals surface area (Å²) in [6, 6.07) is 0. The van der Waals surface area contributed by atoms with E-state index in [2.05, 4.69) is 32.9 Å². The highest BCUT2D eigenvalue weighted by Crippen LogP contribution is 2.10. The van der Waals surface area contributed by atoms with Crippen molar-refractivity contribution in [2.45, 2.75) is 155 Å². The lowest BCUT2D eigenvalue weighted by molar-refractivity contribution is -0.163. The molecule has 6 heteroatoms. The van der Waals surface area contributed by atoms with Crippen LogP contribution in [-0.4, -0.2) is 37.2 Å². The van der Waals surface area contributed by atoms with Crippen molar-refractivity contribution in [2.75, 3.05) is 13.2 Å². The molecule has 47 heavy (non-hydrogen) atoms. The predicted octanol–water partition coefficient (Wildman–Crippen LogP) is 11.2. The summed E-state index contributed by atoms with van der Waals surface area (Å²) < 4.78 is 16.1. The topological polar surface area (TPSA) is 78.9 Å². The first-order valence-electron chi connectivity index (χ1n) is 18.5. The van der Waals surface area contributed by atoms with E-state index in [-0.39, 0.29) is 25.2 Å². The Morgan fingerprint density at radius 2 is 0.851 bits per heavy atom. The van der Waals surface area contributed by atoms with Crippen molar-refractivity contribution in [3.63, 3.8) is 0 Å². The molecule has 0 bridgehead atoms. The monoisotopic (exact) mass is 654 g/mol. The smallest absolute Gasteiger partial charge is 0.331 e. The summed E-state index contributed by atoms with van der Waals surface area (Å²) in [6.07, 6.45) is 43.0. The van der Waals surface area contributed by atoms with Gasteiger partial charge in [-0.25, -0.2) is 4.79 Å². The van der Waals surface area contributed by atoms with E-state index in [1.54, 1.807) is 12.2 Å². The molecule has 0 saturated heterocycles. The van der Waals surface area contributed by atoms with E-state index in [4.69, 9.17) is 14.2 Å². The van der Waals surface area contributed by atoms with E-state index in [1.165, 1.54) is 51.0 Å². The molecule has 266 valence electrons. The van der Waals surface area contributed by atoms with E-state index in [0.29, 0.717) is 12.8 Å². The normalized spacial score (nSPS) is 12.3. The highest BCUT2D eigenvalue weighted by molar-refractivity contribution is 5.82. The lowest BCUT2D eigenvalue weighted by Crippen LogP contribution is -2.30. The largest absolute Gasteiger partial charge is 0.462 e. The molecule has 0 aliphatic heterocycles. The van der Waals surface area contributed by atoms with Crippen LogP contribution in [0.15, 0.2) is 72.9 Å². The number of ether oxygens (including phenoxy) is 3. The molecule has 6 nitrogen and oxygen atoms in total. The van der Waals surface area contributed by atoms with Gasteiger partial charge in [0.15, 0.2) is 6.10 Å². The fraction of sp³-hybridized carbons (Fsp3) is 0.634. The number of carbonyl (C=O) groups is 3. The fourth-order valence-electron chi connectivity index (χ4n) is 4.62. The first-order chi connectivity index (χ1) is 23.0. The Bertz CT molecular complexity index is 910. The third-order valence-electron chi connectivity index (χ3n) is 7.45. The van der Waals surface area contributed by atoms with Gasteiger partial charge in [0.05, 0.1) is 0 Å². The number of hydrogen-bond donors (Lipinski definition) is 0. The van der Waals surface area contributed by atoms with Crippen LogP contribution >= 0.6 is 0 Å². The van der Waals surface area contributed by atoms with E-state index in [1.807, 2.05) is 42.5 Å². The second-order valence-corrected chi connectivity index (χ2v) is 12.0. The SMILES string of the molecule is CCCCCCCCC/C=C/C=C/C=C/C=C/C=C/C=C/C(=O)OC(COC(=O)CCCCCCC)COC(=O)CCCCCCC. The number of rotatable bonds is 31. The molecule has 0 heterocycles. The molecule has 0 unspecified atom stereocenters. The van der Waals surface area contributed by atoms with Gasteiger partial charge in [-0.15, -0.1) is 0 Å².